The molecule has 0 saturated carbocycles. The molecular formula is C14H11N3O3. The molecule has 0 bridgehead atoms. The summed E-state index contributed by atoms with van der Waals surface area (Å²) in [7, 11) is 0. The Morgan fingerprint density at radius 2 is 2.05 bits per heavy atom. The molecule has 1 aliphatic rings. The third kappa shape index (κ3) is 2.01. The monoisotopic (exact) mass is 269 g/mol. The molecule has 0 spiro atoms. The van der Waals surface area contributed by atoms with Crippen LogP contribution in [-0.2, 0) is 4.79 Å². The van der Waals surface area contributed by atoms with Crippen LogP contribution in [0.5, 0.6) is 0 Å². The second-order valence-electron chi connectivity index (χ2n) is 4.46. The lowest BCUT2D eigenvalue weighted by molar-refractivity contribution is -0.120. The number of imide groups is 1. The van der Waals surface area contributed by atoms with Gasteiger partial charge in [0.1, 0.15) is 5.82 Å². The lowest BCUT2D eigenvalue weighted by Crippen LogP contribution is -2.49. The fraction of sp³-hybridized carbons (Fsp3) is 0.143. The summed E-state index contributed by atoms with van der Waals surface area (Å²) in [5.41, 5.74) is 1.02. The van der Waals surface area contributed by atoms with Crippen LogP contribution in [0.4, 0.5) is 10.6 Å². The van der Waals surface area contributed by atoms with E-state index in [-0.39, 0.29) is 18.9 Å². The summed E-state index contributed by atoms with van der Waals surface area (Å²) in [6, 6.07) is 8.31. The van der Waals surface area contributed by atoms with Gasteiger partial charge in [0.05, 0.1) is 5.52 Å². The highest BCUT2D eigenvalue weighted by Gasteiger charge is 2.25. The molecule has 0 aliphatic carbocycles. The van der Waals surface area contributed by atoms with Crippen molar-refractivity contribution in [1.82, 2.24) is 10.3 Å². The molecule has 1 fully saturated rings. The molecule has 1 saturated heterocycles. The fourth-order valence-electron chi connectivity index (χ4n) is 2.19. The first-order chi connectivity index (χ1) is 9.69. The molecule has 100 valence electrons. The van der Waals surface area contributed by atoms with Crippen LogP contribution in [-0.4, -0.2) is 29.8 Å². The number of benzene rings is 1. The van der Waals surface area contributed by atoms with Gasteiger partial charge in [-0.1, -0.05) is 12.1 Å². The van der Waals surface area contributed by atoms with E-state index < -0.39 is 6.03 Å². The first kappa shape index (κ1) is 12.3. The van der Waals surface area contributed by atoms with Crippen LogP contribution in [0.2, 0.25) is 0 Å². The fourth-order valence-corrected chi connectivity index (χ4v) is 2.19. The molecule has 3 amide bonds. The van der Waals surface area contributed by atoms with Crippen LogP contribution in [0.25, 0.3) is 10.9 Å². The van der Waals surface area contributed by atoms with E-state index >= 15 is 0 Å². The second-order valence-corrected chi connectivity index (χ2v) is 4.46. The molecule has 0 radical (unpaired) electrons. The Balaban J connectivity index is 2.06. The minimum atomic E-state index is -0.489. The molecule has 6 nitrogen and oxygen atoms in total. The van der Waals surface area contributed by atoms with E-state index in [1.54, 1.807) is 24.3 Å². The summed E-state index contributed by atoms with van der Waals surface area (Å²) < 4.78 is 0. The topological polar surface area (TPSA) is 79.4 Å². The highest BCUT2D eigenvalue weighted by Crippen LogP contribution is 2.21. The highest BCUT2D eigenvalue weighted by atomic mass is 16.2. The molecule has 1 aromatic carbocycles. The number of nitrogens with zero attached hydrogens (tertiary/aromatic N) is 2. The summed E-state index contributed by atoms with van der Waals surface area (Å²) in [5, 5.41) is 3.07. The standard InChI is InChI=1S/C14H11N3O3/c18-8-10-3-1-2-9-4-5-11(15-13(9)10)17-7-6-12(19)16-14(17)20/h1-5,8H,6-7H2,(H,16,19,20). The van der Waals surface area contributed by atoms with E-state index in [1.807, 2.05) is 6.07 Å². The van der Waals surface area contributed by atoms with Crippen LogP contribution < -0.4 is 10.2 Å². The van der Waals surface area contributed by atoms with Gasteiger partial charge in [-0.15, -0.1) is 0 Å². The number of hydrogen-bond donors (Lipinski definition) is 1. The van der Waals surface area contributed by atoms with Gasteiger partial charge in [-0.05, 0) is 18.2 Å². The Kier molecular flexibility index (Phi) is 2.90. The van der Waals surface area contributed by atoms with E-state index in [9.17, 15) is 14.4 Å². The average molecular weight is 269 g/mol. The Morgan fingerprint density at radius 1 is 1.20 bits per heavy atom. The molecule has 1 aliphatic heterocycles. The van der Waals surface area contributed by atoms with Crippen molar-refractivity contribution in [3.05, 3.63) is 35.9 Å². The van der Waals surface area contributed by atoms with Gasteiger partial charge in [-0.25, -0.2) is 9.78 Å². The lowest BCUT2D eigenvalue weighted by Gasteiger charge is -2.25. The number of rotatable bonds is 2. The van der Waals surface area contributed by atoms with E-state index in [0.29, 0.717) is 16.9 Å². The van der Waals surface area contributed by atoms with Crippen molar-refractivity contribution in [2.45, 2.75) is 6.42 Å². The number of aldehydes is 1. The number of hydrogen-bond acceptors (Lipinski definition) is 4. The van der Waals surface area contributed by atoms with Crippen molar-refractivity contribution in [3.8, 4) is 0 Å². The predicted molar refractivity (Wildman–Crippen MR) is 72.6 cm³/mol. The van der Waals surface area contributed by atoms with Gasteiger partial charge in [0, 0.05) is 23.9 Å². The van der Waals surface area contributed by atoms with Crippen molar-refractivity contribution in [1.29, 1.82) is 0 Å². The van der Waals surface area contributed by atoms with Crippen LogP contribution >= 0.6 is 0 Å². The molecule has 1 N–H and O–H groups in total. The van der Waals surface area contributed by atoms with Crippen molar-refractivity contribution >= 4 is 34.9 Å². The zero-order valence-corrected chi connectivity index (χ0v) is 10.5. The first-order valence-corrected chi connectivity index (χ1v) is 6.15. The van der Waals surface area contributed by atoms with E-state index in [2.05, 4.69) is 10.3 Å². The number of pyridine rings is 1. The molecule has 2 aromatic rings. The van der Waals surface area contributed by atoms with Crippen LogP contribution in [0, 0.1) is 0 Å². The maximum Gasteiger partial charge on any atom is 0.329 e. The quantitative estimate of drug-likeness (QED) is 0.838. The molecule has 20 heavy (non-hydrogen) atoms. The lowest BCUT2D eigenvalue weighted by atomic mass is 10.1. The Bertz CT molecular complexity index is 727. The number of fused-ring (bicyclic) bond motifs is 1. The number of urea groups is 1. The minimum Gasteiger partial charge on any atom is -0.298 e. The van der Waals surface area contributed by atoms with Gasteiger partial charge in [-0.3, -0.25) is 19.8 Å². The van der Waals surface area contributed by atoms with Gasteiger partial charge in [0.2, 0.25) is 5.91 Å². The normalized spacial score (nSPS) is 15.3. The summed E-state index contributed by atoms with van der Waals surface area (Å²) in [6.45, 7) is 0.284. The van der Waals surface area contributed by atoms with Crippen molar-refractivity contribution in [3.63, 3.8) is 0 Å². The van der Waals surface area contributed by atoms with Gasteiger partial charge >= 0.3 is 6.03 Å². The Labute approximate surface area is 114 Å². The minimum absolute atomic E-state index is 0.237. The number of carbonyl (C=O) groups excluding carboxylic acids is 3. The molecule has 6 heteroatoms. The Morgan fingerprint density at radius 3 is 2.80 bits per heavy atom. The highest BCUT2D eigenvalue weighted by molar-refractivity contribution is 6.06. The van der Waals surface area contributed by atoms with Crippen LogP contribution in [0.3, 0.4) is 0 Å². The maximum atomic E-state index is 11.8. The third-order valence-electron chi connectivity index (χ3n) is 3.19. The zero-order valence-electron chi connectivity index (χ0n) is 10.5. The molecular weight excluding hydrogens is 258 g/mol. The van der Waals surface area contributed by atoms with Crippen molar-refractivity contribution in [2.24, 2.45) is 0 Å². The summed E-state index contributed by atoms with van der Waals surface area (Å²) in [4.78, 5) is 39.7. The van der Waals surface area contributed by atoms with E-state index in [1.165, 1.54) is 4.90 Å². The summed E-state index contributed by atoms with van der Waals surface area (Å²) in [6.07, 6.45) is 0.972. The van der Waals surface area contributed by atoms with Crippen LogP contribution in [0.1, 0.15) is 16.8 Å². The van der Waals surface area contributed by atoms with E-state index in [4.69, 9.17) is 0 Å². The zero-order chi connectivity index (χ0) is 14.1. The predicted octanol–water partition coefficient (Wildman–Crippen LogP) is 1.49. The Hall–Kier alpha value is -2.76. The van der Waals surface area contributed by atoms with Gasteiger partial charge in [-0.2, -0.15) is 0 Å². The maximum absolute atomic E-state index is 11.8. The van der Waals surface area contributed by atoms with Gasteiger partial charge in [0.25, 0.3) is 0 Å². The number of nitrogens with one attached hydrogen (secondary N) is 1. The average Bonchev–Trinajstić information content (AvgIpc) is 2.46. The largest absolute Gasteiger partial charge is 0.329 e. The molecule has 2 heterocycles. The number of carbonyl (C=O) groups is 3. The number of anilines is 1. The molecule has 0 unspecified atom stereocenters. The summed E-state index contributed by atoms with van der Waals surface area (Å²) >= 11 is 0. The van der Waals surface area contributed by atoms with Gasteiger partial charge in [0.15, 0.2) is 6.29 Å². The van der Waals surface area contributed by atoms with Crippen molar-refractivity contribution < 1.29 is 14.4 Å². The van der Waals surface area contributed by atoms with E-state index in [0.717, 1.165) is 11.7 Å². The first-order valence-electron chi connectivity index (χ1n) is 6.15. The number of aromatic nitrogens is 1. The molecule has 0 atom stereocenters. The molecule has 3 rings (SSSR count). The van der Waals surface area contributed by atoms with Crippen molar-refractivity contribution in [2.75, 3.05) is 11.4 Å². The second kappa shape index (κ2) is 4.73. The SMILES string of the molecule is O=Cc1cccc2ccc(N3CCC(=O)NC3=O)nc12. The van der Waals surface area contributed by atoms with Crippen LogP contribution in [0.15, 0.2) is 30.3 Å². The van der Waals surface area contributed by atoms with Gasteiger partial charge < -0.3 is 0 Å². The summed E-state index contributed by atoms with van der Waals surface area (Å²) in [5.74, 6) is 0.136. The number of amides is 3. The number of para-hydroxylation sites is 1. The third-order valence-corrected chi connectivity index (χ3v) is 3.19. The molecule has 1 aromatic heterocycles. The smallest absolute Gasteiger partial charge is 0.298 e.